The summed E-state index contributed by atoms with van der Waals surface area (Å²) in [6, 6.07) is 0. The molecule has 1 rings (SSSR count). The van der Waals surface area contributed by atoms with Crippen LogP contribution in [0, 0.1) is 5.92 Å². The van der Waals surface area contributed by atoms with Crippen molar-refractivity contribution in [3.63, 3.8) is 0 Å². The largest absolute Gasteiger partial charge is 0.303 e. The fourth-order valence-corrected chi connectivity index (χ4v) is 3.73. The van der Waals surface area contributed by atoms with Gasteiger partial charge in [-0.3, -0.25) is 4.55 Å². The third kappa shape index (κ3) is 20.2. The van der Waals surface area contributed by atoms with E-state index in [4.69, 9.17) is 4.55 Å². The predicted octanol–water partition coefficient (Wildman–Crippen LogP) is 5.92. The number of likely N-dealkylation sites (tertiary alicyclic amines) is 1. The molecule has 1 aliphatic rings. The van der Waals surface area contributed by atoms with E-state index in [1.165, 1.54) is 110 Å². The fourth-order valence-electron chi connectivity index (χ4n) is 3.73. The highest BCUT2D eigenvalue weighted by molar-refractivity contribution is 7.85. The molecule has 0 radical (unpaired) electrons. The summed E-state index contributed by atoms with van der Waals surface area (Å²) >= 11 is 0. The number of piperidine rings is 1. The van der Waals surface area contributed by atoms with Crippen LogP contribution < -0.4 is 0 Å². The first kappa shape index (κ1) is 25.9. The van der Waals surface area contributed by atoms with E-state index in [1.807, 2.05) is 0 Å². The maximum atomic E-state index is 9.19. The molecule has 4 nitrogen and oxygen atoms in total. The Bertz CT molecular complexity index is 382. The summed E-state index contributed by atoms with van der Waals surface area (Å²) in [6.45, 7) is 8.75. The molecule has 5 heteroatoms. The number of unbranched alkanes of at least 4 members (excludes halogenated alkanes) is 9. The first-order chi connectivity index (χ1) is 12.4. The molecular weight excluding hydrogens is 346 g/mol. The van der Waals surface area contributed by atoms with Gasteiger partial charge in [0.1, 0.15) is 0 Å². The normalized spacial score (nSPS) is 16.3. The topological polar surface area (TPSA) is 57.6 Å². The number of hydrogen-bond donors (Lipinski definition) is 1. The minimum atomic E-state index is -3.67. The fraction of sp³-hybridized carbons (Fsp3) is 1.00. The van der Waals surface area contributed by atoms with E-state index in [0.717, 1.165) is 5.92 Å². The minimum absolute atomic E-state index is 0.715. The Morgan fingerprint density at radius 2 is 1.23 bits per heavy atom. The van der Waals surface area contributed by atoms with Gasteiger partial charge in [0.2, 0.25) is 0 Å². The molecule has 1 saturated heterocycles. The van der Waals surface area contributed by atoms with Gasteiger partial charge in [0, 0.05) is 0 Å². The van der Waals surface area contributed by atoms with Crippen LogP contribution in [0.4, 0.5) is 0 Å². The summed E-state index contributed by atoms with van der Waals surface area (Å²) in [7, 11) is -3.67. The lowest BCUT2D eigenvalue weighted by atomic mass is 9.92. The van der Waals surface area contributed by atoms with Gasteiger partial charge in [0.05, 0.1) is 6.26 Å². The lowest BCUT2D eigenvalue weighted by molar-refractivity contribution is 0.175. The maximum absolute atomic E-state index is 9.19. The molecule has 0 saturated carbocycles. The zero-order valence-electron chi connectivity index (χ0n) is 17.7. The first-order valence-corrected chi connectivity index (χ1v) is 12.9. The Balaban J connectivity index is 0.00000110. The van der Waals surface area contributed by atoms with E-state index < -0.39 is 10.1 Å². The lowest BCUT2D eigenvalue weighted by Crippen LogP contribution is -2.34. The summed E-state index contributed by atoms with van der Waals surface area (Å²) < 4.78 is 25.9. The van der Waals surface area contributed by atoms with Crippen LogP contribution in [0.1, 0.15) is 104 Å². The van der Waals surface area contributed by atoms with Gasteiger partial charge in [-0.05, 0) is 44.8 Å². The average Bonchev–Trinajstić information content (AvgIpc) is 2.57. The van der Waals surface area contributed by atoms with Crippen LogP contribution in [-0.2, 0) is 10.1 Å². The summed E-state index contributed by atoms with van der Waals surface area (Å²) in [4.78, 5) is 2.72. The second-order valence-corrected chi connectivity index (χ2v) is 9.45. The Kier molecular flexibility index (Phi) is 16.9. The summed E-state index contributed by atoms with van der Waals surface area (Å²) in [5.41, 5.74) is 0. The second-order valence-electron chi connectivity index (χ2n) is 7.99. The van der Waals surface area contributed by atoms with Crippen molar-refractivity contribution in [1.82, 2.24) is 4.90 Å². The third-order valence-electron chi connectivity index (χ3n) is 5.23. The Morgan fingerprint density at radius 3 is 1.65 bits per heavy atom. The molecule has 1 fully saturated rings. The predicted molar refractivity (Wildman–Crippen MR) is 113 cm³/mol. The highest BCUT2D eigenvalue weighted by atomic mass is 32.2. The van der Waals surface area contributed by atoms with Crippen LogP contribution in [0.5, 0.6) is 0 Å². The molecule has 0 spiro atoms. The SMILES string of the molecule is CCCCCCCCCCCCN1CCC(CCC)CC1.CS(=O)(=O)O. The van der Waals surface area contributed by atoms with Gasteiger partial charge < -0.3 is 4.90 Å². The smallest absolute Gasteiger partial charge is 0.261 e. The standard InChI is InChI=1S/C20H41N.CH4O3S/c1-3-5-6-7-8-9-10-11-12-13-17-21-18-15-20(14-4-2)16-19-21;1-5(2,3)4/h20H,3-19H2,1-2H3;1H3,(H,2,3,4). The molecule has 0 atom stereocenters. The van der Waals surface area contributed by atoms with E-state index in [0.29, 0.717) is 6.26 Å². The van der Waals surface area contributed by atoms with Crippen molar-refractivity contribution in [2.45, 2.75) is 104 Å². The van der Waals surface area contributed by atoms with Gasteiger partial charge in [0.25, 0.3) is 10.1 Å². The third-order valence-corrected chi connectivity index (χ3v) is 5.23. The van der Waals surface area contributed by atoms with Crippen LogP contribution in [0.2, 0.25) is 0 Å². The maximum Gasteiger partial charge on any atom is 0.261 e. The molecule has 0 aromatic carbocycles. The minimum Gasteiger partial charge on any atom is -0.303 e. The molecule has 0 amide bonds. The molecule has 0 aromatic rings. The molecule has 1 N–H and O–H groups in total. The summed E-state index contributed by atoms with van der Waals surface area (Å²) in [5, 5.41) is 0. The van der Waals surface area contributed by atoms with Crippen molar-refractivity contribution >= 4 is 10.1 Å². The van der Waals surface area contributed by atoms with Crippen molar-refractivity contribution in [2.24, 2.45) is 5.92 Å². The van der Waals surface area contributed by atoms with E-state index in [-0.39, 0.29) is 0 Å². The lowest BCUT2D eigenvalue weighted by Gasteiger charge is -2.31. The number of hydrogen-bond acceptors (Lipinski definition) is 3. The second kappa shape index (κ2) is 17.0. The van der Waals surface area contributed by atoms with Crippen LogP contribution >= 0.6 is 0 Å². The highest BCUT2D eigenvalue weighted by Crippen LogP contribution is 2.22. The van der Waals surface area contributed by atoms with E-state index in [1.54, 1.807) is 0 Å². The van der Waals surface area contributed by atoms with Crippen molar-refractivity contribution in [3.8, 4) is 0 Å². The van der Waals surface area contributed by atoms with Gasteiger partial charge in [-0.15, -0.1) is 0 Å². The number of nitrogens with zero attached hydrogens (tertiary/aromatic N) is 1. The monoisotopic (exact) mass is 391 g/mol. The van der Waals surface area contributed by atoms with Crippen LogP contribution in [-0.4, -0.2) is 43.8 Å². The summed E-state index contributed by atoms with van der Waals surface area (Å²) in [6.07, 6.45) is 21.0. The molecule has 1 aliphatic heterocycles. The molecule has 0 bridgehead atoms. The van der Waals surface area contributed by atoms with Crippen molar-refractivity contribution in [2.75, 3.05) is 25.9 Å². The molecular formula is C21H45NO3S. The Labute approximate surface area is 163 Å². The molecule has 0 aromatic heterocycles. The van der Waals surface area contributed by atoms with Crippen LogP contribution in [0.25, 0.3) is 0 Å². The zero-order chi connectivity index (χ0) is 19.7. The van der Waals surface area contributed by atoms with Crippen LogP contribution in [0.3, 0.4) is 0 Å². The molecule has 158 valence electrons. The van der Waals surface area contributed by atoms with E-state index in [9.17, 15) is 8.42 Å². The van der Waals surface area contributed by atoms with Crippen molar-refractivity contribution in [3.05, 3.63) is 0 Å². The highest BCUT2D eigenvalue weighted by Gasteiger charge is 2.17. The van der Waals surface area contributed by atoms with E-state index >= 15 is 0 Å². The van der Waals surface area contributed by atoms with Gasteiger partial charge in [0.15, 0.2) is 0 Å². The van der Waals surface area contributed by atoms with Crippen molar-refractivity contribution < 1.29 is 13.0 Å². The van der Waals surface area contributed by atoms with Gasteiger partial charge in [-0.2, -0.15) is 8.42 Å². The molecule has 0 unspecified atom stereocenters. The Morgan fingerprint density at radius 1 is 0.808 bits per heavy atom. The summed E-state index contributed by atoms with van der Waals surface area (Å²) in [5.74, 6) is 1.04. The zero-order valence-corrected chi connectivity index (χ0v) is 18.5. The quantitative estimate of drug-likeness (QED) is 0.312. The molecule has 26 heavy (non-hydrogen) atoms. The number of rotatable bonds is 13. The Hall–Kier alpha value is -0.130. The van der Waals surface area contributed by atoms with E-state index in [2.05, 4.69) is 18.7 Å². The molecule has 1 heterocycles. The molecule has 0 aliphatic carbocycles. The van der Waals surface area contributed by atoms with Gasteiger partial charge >= 0.3 is 0 Å². The van der Waals surface area contributed by atoms with Crippen molar-refractivity contribution in [1.29, 1.82) is 0 Å². The van der Waals surface area contributed by atoms with Gasteiger partial charge in [-0.25, -0.2) is 0 Å². The average molecular weight is 392 g/mol. The van der Waals surface area contributed by atoms with Crippen LogP contribution in [0.15, 0.2) is 0 Å². The first-order valence-electron chi connectivity index (χ1n) is 11.0. The van der Waals surface area contributed by atoms with Gasteiger partial charge in [-0.1, -0.05) is 84.5 Å².